The largest absolute Gasteiger partial charge is 0.399 e. The Hall–Kier alpha value is -1.31. The monoisotopic (exact) mass is 299 g/mol. The molecule has 0 unspecified atom stereocenters. The first-order valence-electron chi connectivity index (χ1n) is 6.41. The van der Waals surface area contributed by atoms with Crippen LogP contribution in [0.5, 0.6) is 0 Å². The highest BCUT2D eigenvalue weighted by Gasteiger charge is 2.32. The number of hydrogen-bond donors (Lipinski definition) is 2. The van der Waals surface area contributed by atoms with Crippen LogP contribution in [0.4, 0.5) is 11.4 Å². The lowest BCUT2D eigenvalue weighted by Gasteiger charge is -2.44. The van der Waals surface area contributed by atoms with E-state index < -0.39 is 10.0 Å². The second kappa shape index (κ2) is 4.91. The van der Waals surface area contributed by atoms with Crippen molar-refractivity contribution in [1.82, 2.24) is 0 Å². The quantitative estimate of drug-likeness (QED) is 0.788. The third kappa shape index (κ3) is 2.74. The number of primary sulfonamides is 1. The SMILES string of the molecule is Cc1c(N2CCOCC2(C)C)cc(N)cc1S(N)(=O)=O. The van der Waals surface area contributed by atoms with Crippen molar-refractivity contribution >= 4 is 21.4 Å². The summed E-state index contributed by atoms with van der Waals surface area (Å²) in [5, 5.41) is 5.27. The Kier molecular flexibility index (Phi) is 3.70. The molecule has 1 fully saturated rings. The Balaban J connectivity index is 2.60. The van der Waals surface area contributed by atoms with Crippen molar-refractivity contribution in [2.45, 2.75) is 31.2 Å². The summed E-state index contributed by atoms with van der Waals surface area (Å²) in [5.74, 6) is 0. The van der Waals surface area contributed by atoms with Gasteiger partial charge in [-0.3, -0.25) is 0 Å². The van der Waals surface area contributed by atoms with Gasteiger partial charge in [0, 0.05) is 17.9 Å². The van der Waals surface area contributed by atoms with Crippen LogP contribution in [0.1, 0.15) is 19.4 Å². The lowest BCUT2D eigenvalue weighted by atomic mass is 9.99. The second-order valence-corrected chi connectivity index (χ2v) is 7.25. The average molecular weight is 299 g/mol. The molecule has 6 nitrogen and oxygen atoms in total. The van der Waals surface area contributed by atoms with Crippen LogP contribution in [0.3, 0.4) is 0 Å². The van der Waals surface area contributed by atoms with Crippen LogP contribution in [-0.2, 0) is 14.8 Å². The molecule has 0 aromatic heterocycles. The lowest BCUT2D eigenvalue weighted by Crippen LogP contribution is -2.53. The number of nitrogens with zero attached hydrogens (tertiary/aromatic N) is 1. The van der Waals surface area contributed by atoms with Crippen LogP contribution in [-0.4, -0.2) is 33.7 Å². The van der Waals surface area contributed by atoms with Gasteiger partial charge >= 0.3 is 0 Å². The van der Waals surface area contributed by atoms with Gasteiger partial charge in [-0.05, 0) is 38.5 Å². The number of morpholine rings is 1. The van der Waals surface area contributed by atoms with Gasteiger partial charge in [0.15, 0.2) is 0 Å². The maximum absolute atomic E-state index is 11.7. The molecule has 112 valence electrons. The lowest BCUT2D eigenvalue weighted by molar-refractivity contribution is 0.0643. The van der Waals surface area contributed by atoms with Crippen LogP contribution in [0, 0.1) is 6.92 Å². The van der Waals surface area contributed by atoms with Crippen LogP contribution in [0.2, 0.25) is 0 Å². The van der Waals surface area contributed by atoms with Gasteiger partial charge in [-0.25, -0.2) is 13.6 Å². The molecular formula is C13H21N3O3S. The van der Waals surface area contributed by atoms with E-state index in [1.807, 2.05) is 13.8 Å². The molecule has 2 rings (SSSR count). The van der Waals surface area contributed by atoms with Crippen molar-refractivity contribution in [1.29, 1.82) is 0 Å². The van der Waals surface area contributed by atoms with E-state index in [-0.39, 0.29) is 10.4 Å². The van der Waals surface area contributed by atoms with Crippen molar-refractivity contribution in [2.24, 2.45) is 5.14 Å². The Bertz CT molecular complexity index is 626. The molecule has 0 spiro atoms. The maximum atomic E-state index is 11.7. The first-order chi connectivity index (χ1) is 9.13. The molecular weight excluding hydrogens is 278 g/mol. The van der Waals surface area contributed by atoms with Crippen molar-refractivity contribution in [3.05, 3.63) is 17.7 Å². The normalized spacial score (nSPS) is 19.1. The van der Waals surface area contributed by atoms with Crippen molar-refractivity contribution in [3.8, 4) is 0 Å². The highest BCUT2D eigenvalue weighted by atomic mass is 32.2. The zero-order valence-corrected chi connectivity index (χ0v) is 12.8. The van der Waals surface area contributed by atoms with Gasteiger partial charge in [0.2, 0.25) is 10.0 Å². The van der Waals surface area contributed by atoms with E-state index in [2.05, 4.69) is 4.90 Å². The number of nitrogens with two attached hydrogens (primary N) is 2. The van der Waals surface area contributed by atoms with Gasteiger partial charge in [-0.2, -0.15) is 0 Å². The number of nitrogen functional groups attached to an aromatic ring is 1. The van der Waals surface area contributed by atoms with Crippen LogP contribution < -0.4 is 15.8 Å². The second-order valence-electron chi connectivity index (χ2n) is 5.72. The molecule has 0 radical (unpaired) electrons. The third-order valence-corrected chi connectivity index (χ3v) is 4.63. The minimum atomic E-state index is -3.79. The van der Waals surface area contributed by atoms with E-state index in [0.717, 1.165) is 5.69 Å². The standard InChI is InChI=1S/C13H21N3O3S/c1-9-11(16-4-5-19-8-13(16,2)3)6-10(14)7-12(9)20(15,17)18/h6-7H,4-5,8,14H2,1-3H3,(H2,15,17,18). The molecule has 0 aliphatic carbocycles. The predicted octanol–water partition coefficient (Wildman–Crippen LogP) is 0.840. The molecule has 1 heterocycles. The summed E-state index contributed by atoms with van der Waals surface area (Å²) in [6, 6.07) is 3.19. The predicted molar refractivity (Wildman–Crippen MR) is 79.2 cm³/mol. The minimum absolute atomic E-state index is 0.0785. The van der Waals surface area contributed by atoms with E-state index in [1.54, 1.807) is 13.0 Å². The van der Waals surface area contributed by atoms with E-state index in [0.29, 0.717) is 31.0 Å². The molecule has 1 aromatic rings. The first-order valence-corrected chi connectivity index (χ1v) is 7.96. The zero-order chi connectivity index (χ0) is 15.1. The number of sulfonamides is 1. The molecule has 20 heavy (non-hydrogen) atoms. The molecule has 0 atom stereocenters. The summed E-state index contributed by atoms with van der Waals surface area (Å²) in [6.07, 6.45) is 0. The molecule has 1 aromatic carbocycles. The Morgan fingerprint density at radius 1 is 1.35 bits per heavy atom. The topological polar surface area (TPSA) is 98.7 Å². The Labute approximate surface area is 119 Å². The van der Waals surface area contributed by atoms with Gasteiger partial charge in [0.05, 0.1) is 23.6 Å². The molecule has 1 aliphatic heterocycles. The number of benzene rings is 1. The first kappa shape index (κ1) is 15.1. The number of hydrogen-bond acceptors (Lipinski definition) is 5. The molecule has 0 bridgehead atoms. The van der Waals surface area contributed by atoms with Crippen LogP contribution >= 0.6 is 0 Å². The van der Waals surface area contributed by atoms with Gasteiger partial charge in [-0.1, -0.05) is 0 Å². The van der Waals surface area contributed by atoms with Crippen molar-refractivity contribution in [2.75, 3.05) is 30.4 Å². The fourth-order valence-electron chi connectivity index (χ4n) is 2.57. The van der Waals surface area contributed by atoms with Gasteiger partial charge in [0.1, 0.15) is 0 Å². The van der Waals surface area contributed by atoms with Gasteiger partial charge in [-0.15, -0.1) is 0 Å². The van der Waals surface area contributed by atoms with Crippen molar-refractivity contribution < 1.29 is 13.2 Å². The average Bonchev–Trinajstić information content (AvgIpc) is 2.30. The van der Waals surface area contributed by atoms with Gasteiger partial charge in [0.25, 0.3) is 0 Å². The van der Waals surface area contributed by atoms with Crippen molar-refractivity contribution in [3.63, 3.8) is 0 Å². The van der Waals surface area contributed by atoms with E-state index >= 15 is 0 Å². The summed E-state index contributed by atoms with van der Waals surface area (Å²) in [7, 11) is -3.79. The van der Waals surface area contributed by atoms with Gasteiger partial charge < -0.3 is 15.4 Å². The highest BCUT2D eigenvalue weighted by molar-refractivity contribution is 7.89. The summed E-state index contributed by atoms with van der Waals surface area (Å²) in [5.41, 5.74) is 7.41. The maximum Gasteiger partial charge on any atom is 0.238 e. The molecule has 0 amide bonds. The zero-order valence-electron chi connectivity index (χ0n) is 12.0. The summed E-state index contributed by atoms with van der Waals surface area (Å²) < 4.78 is 28.9. The number of rotatable bonds is 2. The molecule has 4 N–H and O–H groups in total. The molecule has 0 saturated carbocycles. The number of anilines is 2. The Morgan fingerprint density at radius 2 is 2.00 bits per heavy atom. The smallest absolute Gasteiger partial charge is 0.238 e. The third-order valence-electron chi connectivity index (χ3n) is 3.60. The fraction of sp³-hybridized carbons (Fsp3) is 0.538. The minimum Gasteiger partial charge on any atom is -0.399 e. The number of ether oxygens (including phenoxy) is 1. The summed E-state index contributed by atoms with van der Waals surface area (Å²) in [6.45, 7) is 7.70. The summed E-state index contributed by atoms with van der Waals surface area (Å²) >= 11 is 0. The molecule has 7 heteroatoms. The molecule has 1 aliphatic rings. The summed E-state index contributed by atoms with van der Waals surface area (Å²) in [4.78, 5) is 2.20. The van der Waals surface area contributed by atoms with E-state index in [9.17, 15) is 8.42 Å². The van der Waals surface area contributed by atoms with E-state index in [4.69, 9.17) is 15.6 Å². The Morgan fingerprint density at radius 3 is 2.55 bits per heavy atom. The molecule has 1 saturated heterocycles. The fourth-order valence-corrected chi connectivity index (χ4v) is 3.41. The van der Waals surface area contributed by atoms with E-state index in [1.165, 1.54) is 6.07 Å². The van der Waals surface area contributed by atoms with Crippen LogP contribution in [0.25, 0.3) is 0 Å². The highest BCUT2D eigenvalue weighted by Crippen LogP contribution is 2.34. The van der Waals surface area contributed by atoms with Crippen LogP contribution in [0.15, 0.2) is 17.0 Å².